The van der Waals surface area contributed by atoms with Crippen LogP contribution in [0.15, 0.2) is 0 Å². The summed E-state index contributed by atoms with van der Waals surface area (Å²) in [5, 5.41) is 11.9. The molecule has 0 spiro atoms. The fourth-order valence-electron chi connectivity index (χ4n) is 0.591. The minimum absolute atomic E-state index is 0. The molecule has 0 saturated heterocycles. The van der Waals surface area contributed by atoms with Gasteiger partial charge in [-0.1, -0.05) is 39.5 Å². The molecule has 15 heavy (non-hydrogen) atoms. The monoisotopic (exact) mass is 292 g/mol. The summed E-state index contributed by atoms with van der Waals surface area (Å²) in [4.78, 5) is 0. The van der Waals surface area contributed by atoms with Crippen LogP contribution in [0.1, 0.15) is 34.6 Å². The maximum atomic E-state index is 7.57. The van der Waals surface area contributed by atoms with Gasteiger partial charge in [0.05, 0.1) is 0 Å². The van der Waals surface area contributed by atoms with Gasteiger partial charge in [-0.3, -0.25) is 0 Å². The molecular formula is C10H24Cl2NOTi. The topological polar surface area (TPSA) is 34.3 Å². The summed E-state index contributed by atoms with van der Waals surface area (Å²) < 4.78 is 0. The van der Waals surface area contributed by atoms with Crippen LogP contribution in [0.25, 0.3) is 5.32 Å². The first-order chi connectivity index (χ1) is 5.54. The molecule has 1 radical (unpaired) electrons. The van der Waals surface area contributed by atoms with Gasteiger partial charge in [0.1, 0.15) is 0 Å². The SMILES string of the molecule is CC(C)C[N-]CC(C)C.CCO.[Cl-].[Cl-].[Ti+3]. The van der Waals surface area contributed by atoms with Crippen molar-refractivity contribution >= 4 is 0 Å². The third kappa shape index (κ3) is 51.0. The predicted molar refractivity (Wildman–Crippen MR) is 55.5 cm³/mol. The van der Waals surface area contributed by atoms with Gasteiger partial charge in [-0.15, -0.1) is 13.1 Å². The third-order valence-corrected chi connectivity index (χ3v) is 0.988. The number of hydrogen-bond acceptors (Lipinski definition) is 1. The first-order valence-electron chi connectivity index (χ1n) is 4.78. The van der Waals surface area contributed by atoms with Crippen LogP contribution in [-0.4, -0.2) is 24.8 Å². The van der Waals surface area contributed by atoms with Crippen LogP contribution in [-0.2, 0) is 21.7 Å². The van der Waals surface area contributed by atoms with Crippen molar-refractivity contribution in [3.63, 3.8) is 0 Å². The van der Waals surface area contributed by atoms with Crippen molar-refractivity contribution in [3.05, 3.63) is 5.32 Å². The van der Waals surface area contributed by atoms with Crippen molar-refractivity contribution in [2.75, 3.05) is 19.7 Å². The standard InChI is InChI=1S/C8H18N.C2H6O.2ClH.Ti/c1-7(2)5-9-6-8(3)4;1-2-3;;;/h7-8H,5-6H2,1-4H3;3H,2H2,1H3;2*1H;/q-1;;;;+3/p-2. The van der Waals surface area contributed by atoms with E-state index in [9.17, 15) is 0 Å². The minimum atomic E-state index is 0. The van der Waals surface area contributed by atoms with E-state index in [4.69, 9.17) is 5.11 Å². The van der Waals surface area contributed by atoms with Crippen molar-refractivity contribution in [1.29, 1.82) is 0 Å². The molecule has 0 atom stereocenters. The number of hydrogen-bond donors (Lipinski definition) is 1. The van der Waals surface area contributed by atoms with E-state index in [0.29, 0.717) is 0 Å². The largest absolute Gasteiger partial charge is 3.00 e. The molecule has 0 aliphatic rings. The summed E-state index contributed by atoms with van der Waals surface area (Å²) in [5.74, 6) is 1.45. The average molecular weight is 293 g/mol. The molecular weight excluding hydrogens is 269 g/mol. The second kappa shape index (κ2) is 24.4. The number of nitrogens with zero attached hydrogens (tertiary/aromatic N) is 1. The summed E-state index contributed by atoms with van der Waals surface area (Å²) in [7, 11) is 0. The zero-order chi connectivity index (χ0) is 9.98. The molecule has 0 rings (SSSR count). The van der Waals surface area contributed by atoms with E-state index < -0.39 is 0 Å². The summed E-state index contributed by atoms with van der Waals surface area (Å²) in [6.45, 7) is 12.8. The normalized spacial score (nSPS) is 8.00. The maximum Gasteiger partial charge on any atom is 3.00 e. The van der Waals surface area contributed by atoms with Gasteiger partial charge in [-0.05, 0) is 6.92 Å². The van der Waals surface area contributed by atoms with E-state index in [-0.39, 0.29) is 53.1 Å². The number of aliphatic hydroxyl groups is 1. The van der Waals surface area contributed by atoms with Crippen LogP contribution >= 0.6 is 0 Å². The Balaban J connectivity index is -0.0000000500. The Labute approximate surface area is 123 Å². The van der Waals surface area contributed by atoms with Crippen LogP contribution in [0.4, 0.5) is 0 Å². The number of halogens is 2. The Morgan fingerprint density at radius 2 is 1.13 bits per heavy atom. The second-order valence-corrected chi connectivity index (χ2v) is 3.69. The molecule has 0 aliphatic carbocycles. The Morgan fingerprint density at radius 1 is 0.933 bits per heavy atom. The molecule has 93 valence electrons. The third-order valence-electron chi connectivity index (χ3n) is 0.988. The van der Waals surface area contributed by atoms with E-state index in [1.54, 1.807) is 6.92 Å². The first kappa shape index (κ1) is 29.8. The van der Waals surface area contributed by atoms with Gasteiger partial charge in [0, 0.05) is 6.61 Å². The molecule has 0 aliphatic heterocycles. The Kier molecular flexibility index (Phi) is 48.6. The Morgan fingerprint density at radius 3 is 1.27 bits per heavy atom. The predicted octanol–water partition coefficient (Wildman–Crippen LogP) is -3.32. The van der Waals surface area contributed by atoms with Gasteiger partial charge in [0.15, 0.2) is 0 Å². The fraction of sp³-hybridized carbons (Fsp3) is 1.00. The molecule has 1 N–H and O–H groups in total. The van der Waals surface area contributed by atoms with Crippen LogP contribution in [0.3, 0.4) is 0 Å². The summed E-state index contributed by atoms with van der Waals surface area (Å²) >= 11 is 0. The van der Waals surface area contributed by atoms with E-state index in [1.165, 1.54) is 0 Å². The average Bonchev–Trinajstić information content (AvgIpc) is 1.87. The van der Waals surface area contributed by atoms with E-state index in [0.717, 1.165) is 24.9 Å². The molecule has 0 unspecified atom stereocenters. The van der Waals surface area contributed by atoms with Gasteiger partial charge in [0.2, 0.25) is 0 Å². The summed E-state index contributed by atoms with van der Waals surface area (Å²) in [6.07, 6.45) is 0. The molecule has 0 amide bonds. The quantitative estimate of drug-likeness (QED) is 0.541. The van der Waals surface area contributed by atoms with E-state index in [2.05, 4.69) is 33.0 Å². The zero-order valence-electron chi connectivity index (χ0n) is 10.4. The number of aliphatic hydroxyl groups excluding tert-OH is 1. The second-order valence-electron chi connectivity index (χ2n) is 3.69. The van der Waals surface area contributed by atoms with Gasteiger partial charge in [-0.25, -0.2) is 0 Å². The first-order valence-corrected chi connectivity index (χ1v) is 4.78. The van der Waals surface area contributed by atoms with Gasteiger partial charge in [0.25, 0.3) is 0 Å². The van der Waals surface area contributed by atoms with Crippen LogP contribution < -0.4 is 24.8 Å². The van der Waals surface area contributed by atoms with E-state index in [1.807, 2.05) is 0 Å². The van der Waals surface area contributed by atoms with Crippen molar-refractivity contribution in [1.82, 2.24) is 0 Å². The molecule has 0 aromatic rings. The van der Waals surface area contributed by atoms with Crippen LogP contribution in [0.2, 0.25) is 0 Å². The smallest absolute Gasteiger partial charge is 1.00 e. The van der Waals surface area contributed by atoms with Gasteiger partial charge < -0.3 is 35.2 Å². The Hall–Kier alpha value is 1.21. The fourth-order valence-corrected chi connectivity index (χ4v) is 0.591. The molecule has 0 aromatic heterocycles. The molecule has 5 heteroatoms. The van der Waals surface area contributed by atoms with Gasteiger partial charge in [-0.2, -0.15) is 0 Å². The van der Waals surface area contributed by atoms with Crippen molar-refractivity contribution in [2.24, 2.45) is 11.8 Å². The van der Waals surface area contributed by atoms with Crippen LogP contribution in [0, 0.1) is 11.8 Å². The summed E-state index contributed by atoms with van der Waals surface area (Å²) in [6, 6.07) is 0. The van der Waals surface area contributed by atoms with E-state index >= 15 is 0 Å². The zero-order valence-corrected chi connectivity index (χ0v) is 13.5. The molecule has 0 saturated carbocycles. The maximum absolute atomic E-state index is 7.57. The van der Waals surface area contributed by atoms with Crippen molar-refractivity contribution in [3.8, 4) is 0 Å². The van der Waals surface area contributed by atoms with Gasteiger partial charge >= 0.3 is 21.7 Å². The van der Waals surface area contributed by atoms with Crippen molar-refractivity contribution < 1.29 is 51.6 Å². The minimum Gasteiger partial charge on any atom is -1.00 e. The molecule has 0 aromatic carbocycles. The molecule has 0 bridgehead atoms. The molecule has 2 nitrogen and oxygen atoms in total. The molecule has 0 fully saturated rings. The Bertz CT molecular complexity index is 77.8. The van der Waals surface area contributed by atoms with Crippen LogP contribution in [0.5, 0.6) is 0 Å². The van der Waals surface area contributed by atoms with Crippen molar-refractivity contribution in [2.45, 2.75) is 34.6 Å². The molecule has 0 heterocycles. The number of rotatable bonds is 4. The summed E-state index contributed by atoms with van der Waals surface area (Å²) in [5.41, 5.74) is 0.